The summed E-state index contributed by atoms with van der Waals surface area (Å²) in [5.41, 5.74) is 2.53. The molecule has 9 heteroatoms. The first kappa shape index (κ1) is 20.1. The van der Waals surface area contributed by atoms with Crippen LogP contribution in [0.4, 0.5) is 14.5 Å². The number of rotatable bonds is 5. The number of hydrogen-bond donors (Lipinski definition) is 1. The number of benzene rings is 1. The Morgan fingerprint density at radius 1 is 1.12 bits per heavy atom. The quantitative estimate of drug-likeness (QED) is 0.494. The van der Waals surface area contributed by atoms with Crippen LogP contribution in [0, 0.1) is 18.6 Å². The predicted molar refractivity (Wildman–Crippen MR) is 112 cm³/mol. The van der Waals surface area contributed by atoms with Gasteiger partial charge in [0.1, 0.15) is 11.5 Å². The maximum atomic E-state index is 14.0. The van der Waals surface area contributed by atoms with Crippen molar-refractivity contribution in [2.45, 2.75) is 13.0 Å². The van der Waals surface area contributed by atoms with E-state index in [0.717, 1.165) is 6.20 Å². The van der Waals surface area contributed by atoms with E-state index in [9.17, 15) is 13.6 Å². The largest absolute Gasteiger partial charge is 0.449 e. The zero-order valence-corrected chi connectivity index (χ0v) is 17.0. The number of anilines is 1. The highest BCUT2D eigenvalue weighted by molar-refractivity contribution is 6.02. The van der Waals surface area contributed by atoms with Gasteiger partial charge in [0.2, 0.25) is 0 Å². The van der Waals surface area contributed by atoms with Crippen LogP contribution in [-0.4, -0.2) is 33.7 Å². The van der Waals surface area contributed by atoms with E-state index in [1.165, 1.54) is 24.3 Å². The first-order chi connectivity index (χ1) is 15.5. The summed E-state index contributed by atoms with van der Waals surface area (Å²) in [6.07, 6.45) is 2.73. The molecule has 1 N–H and O–H groups in total. The Kier molecular flexibility index (Phi) is 5.02. The Morgan fingerprint density at radius 3 is 2.62 bits per heavy atom. The Bertz CT molecular complexity index is 1290. The molecule has 7 nitrogen and oxygen atoms in total. The molecule has 5 rings (SSSR count). The molecule has 1 aliphatic heterocycles. The molecule has 32 heavy (non-hydrogen) atoms. The summed E-state index contributed by atoms with van der Waals surface area (Å²) >= 11 is 0. The van der Waals surface area contributed by atoms with Gasteiger partial charge in [-0.3, -0.25) is 9.78 Å². The van der Waals surface area contributed by atoms with Gasteiger partial charge >= 0.3 is 0 Å². The standard InChI is InChI=1S/C23H18F2N4O3/c1-13-8-18(17(25)9-26-13)28-23(30)20-7-6-19(32-20)22-21(14-2-4-15(24)5-3-14)27-12-29(22)16-10-31-11-16/h2-9,12,16H,10-11H2,1H3,(H,26,28,30). The Labute approximate surface area is 181 Å². The van der Waals surface area contributed by atoms with E-state index < -0.39 is 11.7 Å². The van der Waals surface area contributed by atoms with Gasteiger partial charge in [-0.05, 0) is 49.4 Å². The van der Waals surface area contributed by atoms with Crippen LogP contribution in [0.3, 0.4) is 0 Å². The number of amides is 1. The summed E-state index contributed by atoms with van der Waals surface area (Å²) in [6.45, 7) is 2.75. The van der Waals surface area contributed by atoms with Crippen LogP contribution in [0.15, 0.2) is 59.4 Å². The average Bonchev–Trinajstić information content (AvgIpc) is 3.37. The van der Waals surface area contributed by atoms with Crippen molar-refractivity contribution in [3.8, 4) is 22.7 Å². The number of ether oxygens (including phenoxy) is 1. The summed E-state index contributed by atoms with van der Waals surface area (Å²) in [5.74, 6) is -1.17. The van der Waals surface area contributed by atoms with Crippen LogP contribution in [0.25, 0.3) is 22.7 Å². The second kappa shape index (κ2) is 8.01. The summed E-state index contributed by atoms with van der Waals surface area (Å²) in [7, 11) is 0. The van der Waals surface area contributed by atoms with Crippen molar-refractivity contribution in [1.82, 2.24) is 14.5 Å². The number of aryl methyl sites for hydroxylation is 1. The number of carbonyl (C=O) groups is 1. The summed E-state index contributed by atoms with van der Waals surface area (Å²) in [6, 6.07) is 10.7. The predicted octanol–water partition coefficient (Wildman–Crippen LogP) is 4.62. The Morgan fingerprint density at radius 2 is 1.91 bits per heavy atom. The highest BCUT2D eigenvalue weighted by Gasteiger charge is 2.28. The second-order valence-electron chi connectivity index (χ2n) is 7.47. The van der Waals surface area contributed by atoms with Crippen molar-refractivity contribution in [1.29, 1.82) is 0 Å². The van der Waals surface area contributed by atoms with Gasteiger partial charge < -0.3 is 19.0 Å². The van der Waals surface area contributed by atoms with Crippen LogP contribution < -0.4 is 5.32 Å². The highest BCUT2D eigenvalue weighted by atomic mass is 19.1. The van der Waals surface area contributed by atoms with E-state index in [-0.39, 0.29) is 23.3 Å². The minimum absolute atomic E-state index is 0.0107. The van der Waals surface area contributed by atoms with Crippen LogP contribution in [0.2, 0.25) is 0 Å². The first-order valence-corrected chi connectivity index (χ1v) is 9.94. The van der Waals surface area contributed by atoms with Gasteiger partial charge in [0.25, 0.3) is 5.91 Å². The number of furan rings is 1. The summed E-state index contributed by atoms with van der Waals surface area (Å²) in [4.78, 5) is 21.0. The molecule has 1 aliphatic rings. The molecule has 0 aliphatic carbocycles. The van der Waals surface area contributed by atoms with Crippen LogP contribution in [-0.2, 0) is 4.74 Å². The topological polar surface area (TPSA) is 82.2 Å². The van der Waals surface area contributed by atoms with Gasteiger partial charge in [0.15, 0.2) is 17.3 Å². The zero-order chi connectivity index (χ0) is 22.2. The van der Waals surface area contributed by atoms with Gasteiger partial charge in [0, 0.05) is 11.3 Å². The van der Waals surface area contributed by atoms with Crippen LogP contribution in [0.5, 0.6) is 0 Å². The molecule has 0 spiro atoms. The lowest BCUT2D eigenvalue weighted by atomic mass is 10.1. The normalized spacial score (nSPS) is 13.7. The number of nitrogens with one attached hydrogen (secondary N) is 1. The van der Waals surface area contributed by atoms with E-state index in [4.69, 9.17) is 9.15 Å². The number of aromatic nitrogens is 3. The minimum atomic E-state index is -0.641. The molecule has 1 aromatic carbocycles. The molecule has 0 unspecified atom stereocenters. The van der Waals surface area contributed by atoms with E-state index >= 15 is 0 Å². The van der Waals surface area contributed by atoms with Crippen molar-refractivity contribution >= 4 is 11.6 Å². The van der Waals surface area contributed by atoms with Gasteiger partial charge in [-0.1, -0.05) is 0 Å². The van der Waals surface area contributed by atoms with Crippen molar-refractivity contribution in [2.75, 3.05) is 18.5 Å². The lowest BCUT2D eigenvalue weighted by Crippen LogP contribution is -2.30. The number of halogens is 2. The third-order valence-electron chi connectivity index (χ3n) is 5.23. The number of hydrogen-bond acceptors (Lipinski definition) is 5. The third-order valence-corrected chi connectivity index (χ3v) is 5.23. The Hall–Kier alpha value is -3.85. The highest BCUT2D eigenvalue weighted by Crippen LogP contribution is 2.36. The fourth-order valence-electron chi connectivity index (χ4n) is 3.49. The molecule has 1 amide bonds. The van der Waals surface area contributed by atoms with Gasteiger partial charge in [-0.15, -0.1) is 0 Å². The van der Waals surface area contributed by atoms with Crippen molar-refractivity contribution in [3.05, 3.63) is 78.1 Å². The molecule has 162 valence electrons. The van der Waals surface area contributed by atoms with E-state index in [0.29, 0.717) is 41.6 Å². The van der Waals surface area contributed by atoms with E-state index in [1.54, 1.807) is 31.5 Å². The summed E-state index contributed by atoms with van der Waals surface area (Å²) in [5, 5.41) is 2.51. The molecule has 1 saturated heterocycles. The molecule has 4 aromatic rings. The van der Waals surface area contributed by atoms with Crippen LogP contribution >= 0.6 is 0 Å². The SMILES string of the molecule is Cc1cc(NC(=O)c2ccc(-c3c(-c4ccc(F)cc4)ncn3C3COC3)o2)c(F)cn1. The Balaban J connectivity index is 1.50. The molecule has 0 atom stereocenters. The molecular weight excluding hydrogens is 418 g/mol. The van der Waals surface area contributed by atoms with Crippen molar-refractivity contribution in [3.63, 3.8) is 0 Å². The molecule has 3 aromatic heterocycles. The minimum Gasteiger partial charge on any atom is -0.449 e. The molecule has 4 heterocycles. The summed E-state index contributed by atoms with van der Waals surface area (Å²) < 4.78 is 40.5. The van der Waals surface area contributed by atoms with Crippen molar-refractivity contribution in [2.24, 2.45) is 0 Å². The van der Waals surface area contributed by atoms with Gasteiger partial charge in [-0.2, -0.15) is 0 Å². The zero-order valence-electron chi connectivity index (χ0n) is 17.0. The first-order valence-electron chi connectivity index (χ1n) is 9.94. The molecular formula is C23H18F2N4O3. The van der Waals surface area contributed by atoms with Gasteiger partial charge in [0.05, 0.1) is 43.2 Å². The molecule has 1 fully saturated rings. The van der Waals surface area contributed by atoms with E-state index in [2.05, 4.69) is 15.3 Å². The van der Waals surface area contributed by atoms with Crippen molar-refractivity contribution < 1.29 is 22.7 Å². The second-order valence-corrected chi connectivity index (χ2v) is 7.47. The fraction of sp³-hybridized carbons (Fsp3) is 0.174. The number of nitrogens with zero attached hydrogens (tertiary/aromatic N) is 3. The average molecular weight is 436 g/mol. The van der Waals surface area contributed by atoms with Crippen LogP contribution in [0.1, 0.15) is 22.3 Å². The number of carbonyl (C=O) groups excluding carboxylic acids is 1. The molecule has 0 bridgehead atoms. The number of imidazole rings is 1. The fourth-order valence-corrected chi connectivity index (χ4v) is 3.49. The lowest BCUT2D eigenvalue weighted by molar-refractivity contribution is -0.0227. The maximum Gasteiger partial charge on any atom is 0.291 e. The molecule has 0 saturated carbocycles. The smallest absolute Gasteiger partial charge is 0.291 e. The number of pyridine rings is 1. The lowest BCUT2D eigenvalue weighted by Gasteiger charge is -2.28. The molecule has 0 radical (unpaired) electrons. The third kappa shape index (κ3) is 3.67. The maximum absolute atomic E-state index is 14.0. The van der Waals surface area contributed by atoms with Gasteiger partial charge in [-0.25, -0.2) is 13.8 Å². The monoisotopic (exact) mass is 436 g/mol. The van der Waals surface area contributed by atoms with E-state index in [1.807, 2.05) is 4.57 Å².